The Morgan fingerprint density at radius 1 is 1.39 bits per heavy atom. The minimum absolute atomic E-state index is 0.156. The van der Waals surface area contributed by atoms with Gasteiger partial charge in [0.05, 0.1) is 17.6 Å². The smallest absolute Gasteiger partial charge is 0.255 e. The molecule has 2 heterocycles. The number of ether oxygens (including phenoxy) is 1. The van der Waals surface area contributed by atoms with Crippen molar-refractivity contribution in [3.05, 3.63) is 64.1 Å². The van der Waals surface area contributed by atoms with Crippen LogP contribution in [0.15, 0.2) is 53.0 Å². The molecule has 2 aromatic rings. The highest BCUT2D eigenvalue weighted by Gasteiger charge is 2.48. The van der Waals surface area contributed by atoms with Gasteiger partial charge in [-0.15, -0.1) is 0 Å². The van der Waals surface area contributed by atoms with Crippen LogP contribution < -0.4 is 10.3 Å². The highest BCUT2D eigenvalue weighted by molar-refractivity contribution is 5.73. The molecular formula is C19H21NO3. The third kappa shape index (κ3) is 2.30. The number of aromatic nitrogens is 1. The van der Waals surface area contributed by atoms with Crippen LogP contribution in [-0.4, -0.2) is 22.8 Å². The number of H-pyrrole nitrogens is 1. The molecule has 0 amide bonds. The minimum atomic E-state index is -0.760. The molecule has 1 aliphatic rings. The zero-order valence-electron chi connectivity index (χ0n) is 13.6. The van der Waals surface area contributed by atoms with E-state index in [0.717, 1.165) is 16.7 Å². The SMILES string of the molecule is C/C=C(\C)C1Oc2c(-c3ccccc3)c[nH]c(=O)c2C1(C)CO. The molecule has 0 bridgehead atoms. The van der Waals surface area contributed by atoms with Crippen molar-refractivity contribution in [1.29, 1.82) is 0 Å². The van der Waals surface area contributed by atoms with Crippen LogP contribution in [0.25, 0.3) is 11.1 Å². The Hall–Kier alpha value is -2.33. The maximum atomic E-state index is 12.5. The van der Waals surface area contributed by atoms with Crippen molar-refractivity contribution < 1.29 is 9.84 Å². The van der Waals surface area contributed by atoms with E-state index in [4.69, 9.17) is 4.74 Å². The van der Waals surface area contributed by atoms with Crippen LogP contribution in [0.1, 0.15) is 26.3 Å². The highest BCUT2D eigenvalue weighted by atomic mass is 16.5. The van der Waals surface area contributed by atoms with Crippen LogP contribution in [0, 0.1) is 0 Å². The van der Waals surface area contributed by atoms with Gasteiger partial charge >= 0.3 is 0 Å². The predicted molar refractivity (Wildman–Crippen MR) is 90.8 cm³/mol. The van der Waals surface area contributed by atoms with Crippen molar-refractivity contribution in [2.24, 2.45) is 0 Å². The van der Waals surface area contributed by atoms with Gasteiger partial charge in [0.15, 0.2) is 0 Å². The minimum Gasteiger partial charge on any atom is -0.484 e. The molecule has 1 aliphatic heterocycles. The van der Waals surface area contributed by atoms with Crippen molar-refractivity contribution in [2.75, 3.05) is 6.61 Å². The first-order chi connectivity index (χ1) is 11.0. The van der Waals surface area contributed by atoms with Crippen LogP contribution in [0.3, 0.4) is 0 Å². The van der Waals surface area contributed by atoms with E-state index in [1.165, 1.54) is 0 Å². The number of aromatic amines is 1. The summed E-state index contributed by atoms with van der Waals surface area (Å²) in [4.78, 5) is 15.3. The summed E-state index contributed by atoms with van der Waals surface area (Å²) in [7, 11) is 0. The highest BCUT2D eigenvalue weighted by Crippen LogP contribution is 2.47. The standard InChI is InChI=1S/C19H21NO3/c1-4-12(2)17-19(3,11-21)15-16(23-17)14(10-20-18(15)22)13-8-6-5-7-9-13/h4-10,17,21H,11H2,1-3H3,(H,20,22)/b12-4+. The van der Waals surface area contributed by atoms with Crippen molar-refractivity contribution in [2.45, 2.75) is 32.3 Å². The molecule has 0 saturated carbocycles. The maximum absolute atomic E-state index is 12.5. The van der Waals surface area contributed by atoms with Gasteiger partial charge in [0.25, 0.3) is 5.56 Å². The Balaban J connectivity index is 2.26. The number of aliphatic hydroxyl groups is 1. The fourth-order valence-electron chi connectivity index (χ4n) is 3.27. The summed E-state index contributed by atoms with van der Waals surface area (Å²) in [6.45, 7) is 5.61. The Labute approximate surface area is 135 Å². The second-order valence-electron chi connectivity index (χ2n) is 6.21. The topological polar surface area (TPSA) is 62.3 Å². The molecule has 4 nitrogen and oxygen atoms in total. The van der Waals surface area contributed by atoms with Gasteiger partial charge in [-0.05, 0) is 31.9 Å². The van der Waals surface area contributed by atoms with Gasteiger partial charge < -0.3 is 14.8 Å². The fraction of sp³-hybridized carbons (Fsp3) is 0.316. The monoisotopic (exact) mass is 311 g/mol. The average molecular weight is 311 g/mol. The van der Waals surface area contributed by atoms with E-state index in [-0.39, 0.29) is 18.3 Å². The van der Waals surface area contributed by atoms with Gasteiger partial charge in [-0.3, -0.25) is 4.79 Å². The van der Waals surface area contributed by atoms with Crippen molar-refractivity contribution in [1.82, 2.24) is 4.98 Å². The predicted octanol–water partition coefficient (Wildman–Crippen LogP) is 3.02. The van der Waals surface area contributed by atoms with Crippen LogP contribution in [0.5, 0.6) is 5.75 Å². The summed E-state index contributed by atoms with van der Waals surface area (Å²) in [6.07, 6.45) is 3.29. The molecule has 23 heavy (non-hydrogen) atoms. The number of aliphatic hydroxyl groups excluding tert-OH is 1. The third-order valence-corrected chi connectivity index (χ3v) is 4.71. The van der Waals surface area contributed by atoms with Crippen LogP contribution >= 0.6 is 0 Å². The lowest BCUT2D eigenvalue weighted by Gasteiger charge is -2.28. The van der Waals surface area contributed by atoms with E-state index >= 15 is 0 Å². The van der Waals surface area contributed by atoms with Gasteiger partial charge in [-0.25, -0.2) is 0 Å². The van der Waals surface area contributed by atoms with Crippen molar-refractivity contribution >= 4 is 0 Å². The number of benzene rings is 1. The molecule has 1 aromatic heterocycles. The fourth-order valence-corrected chi connectivity index (χ4v) is 3.27. The Morgan fingerprint density at radius 2 is 2.09 bits per heavy atom. The number of hydrogen-bond acceptors (Lipinski definition) is 3. The van der Waals surface area contributed by atoms with Gasteiger partial charge in [0.2, 0.25) is 0 Å². The van der Waals surface area contributed by atoms with E-state index in [1.54, 1.807) is 6.20 Å². The van der Waals surface area contributed by atoms with E-state index in [9.17, 15) is 9.90 Å². The second-order valence-corrected chi connectivity index (χ2v) is 6.21. The van der Waals surface area contributed by atoms with Gasteiger partial charge in [0, 0.05) is 11.8 Å². The van der Waals surface area contributed by atoms with Crippen LogP contribution in [0.2, 0.25) is 0 Å². The van der Waals surface area contributed by atoms with E-state index in [2.05, 4.69) is 4.98 Å². The first-order valence-corrected chi connectivity index (χ1v) is 7.75. The summed E-state index contributed by atoms with van der Waals surface area (Å²) in [5.74, 6) is 0.572. The number of pyridine rings is 1. The first-order valence-electron chi connectivity index (χ1n) is 7.75. The van der Waals surface area contributed by atoms with E-state index in [1.807, 2.05) is 57.2 Å². The molecule has 0 fully saturated rings. The molecule has 2 atom stereocenters. The Morgan fingerprint density at radius 3 is 2.70 bits per heavy atom. The van der Waals surface area contributed by atoms with Gasteiger partial charge in [-0.2, -0.15) is 0 Å². The average Bonchev–Trinajstić information content (AvgIpc) is 2.90. The summed E-state index contributed by atoms with van der Waals surface area (Å²) in [5, 5.41) is 10.0. The zero-order valence-corrected chi connectivity index (χ0v) is 13.6. The molecule has 0 radical (unpaired) electrons. The second kappa shape index (κ2) is 5.70. The lowest BCUT2D eigenvalue weighted by Crippen LogP contribution is -2.42. The van der Waals surface area contributed by atoms with Gasteiger partial charge in [0.1, 0.15) is 11.9 Å². The van der Waals surface area contributed by atoms with Crippen molar-refractivity contribution in [3.63, 3.8) is 0 Å². The summed E-state index contributed by atoms with van der Waals surface area (Å²) in [5.41, 5.74) is 2.36. The number of nitrogens with one attached hydrogen (secondary N) is 1. The quantitative estimate of drug-likeness (QED) is 0.857. The third-order valence-electron chi connectivity index (χ3n) is 4.71. The summed E-state index contributed by atoms with van der Waals surface area (Å²) >= 11 is 0. The summed E-state index contributed by atoms with van der Waals surface area (Å²) < 4.78 is 6.18. The van der Waals surface area contributed by atoms with Crippen molar-refractivity contribution in [3.8, 4) is 16.9 Å². The molecular weight excluding hydrogens is 290 g/mol. The molecule has 120 valence electrons. The molecule has 0 aliphatic carbocycles. The molecule has 1 aromatic carbocycles. The molecule has 0 saturated heterocycles. The normalized spacial score (nSPS) is 23.5. The molecule has 0 spiro atoms. The molecule has 4 heteroatoms. The van der Waals surface area contributed by atoms with Crippen LogP contribution in [-0.2, 0) is 5.41 Å². The molecule has 2 unspecified atom stereocenters. The lowest BCUT2D eigenvalue weighted by atomic mass is 9.77. The molecule has 2 N–H and O–H groups in total. The summed E-state index contributed by atoms with van der Waals surface area (Å²) in [6, 6.07) is 9.79. The first kappa shape index (κ1) is 15.6. The number of allylic oxidation sites excluding steroid dienone is 1. The van der Waals surface area contributed by atoms with Gasteiger partial charge in [-0.1, -0.05) is 36.4 Å². The lowest BCUT2D eigenvalue weighted by molar-refractivity contribution is 0.122. The molecule has 3 rings (SSSR count). The number of fused-ring (bicyclic) bond motifs is 1. The van der Waals surface area contributed by atoms with E-state index < -0.39 is 5.41 Å². The van der Waals surface area contributed by atoms with Crippen LogP contribution in [0.4, 0.5) is 0 Å². The Kier molecular flexibility index (Phi) is 3.86. The number of rotatable bonds is 3. The maximum Gasteiger partial charge on any atom is 0.255 e. The number of hydrogen-bond donors (Lipinski definition) is 2. The van der Waals surface area contributed by atoms with E-state index in [0.29, 0.717) is 11.3 Å². The Bertz CT molecular complexity index is 807. The largest absolute Gasteiger partial charge is 0.484 e. The zero-order chi connectivity index (χ0) is 16.6.